The quantitative estimate of drug-likeness (QED) is 0.667. The minimum atomic E-state index is 0.491. The first-order valence-corrected chi connectivity index (χ1v) is 4.68. The third-order valence-electron chi connectivity index (χ3n) is 1.99. The topological polar surface area (TPSA) is 25.8 Å². The number of benzene rings is 1. The van der Waals surface area contributed by atoms with Crippen LogP contribution in [-0.4, -0.2) is 9.97 Å². The molecule has 0 radical (unpaired) electrons. The van der Waals surface area contributed by atoms with Gasteiger partial charge in [-0.3, -0.25) is 0 Å². The van der Waals surface area contributed by atoms with Gasteiger partial charge in [0, 0.05) is 11.8 Å². The number of rotatable bonds is 1. The maximum Gasteiger partial charge on any atom is 0.140 e. The van der Waals surface area contributed by atoms with Crippen LogP contribution in [0.5, 0.6) is 0 Å². The van der Waals surface area contributed by atoms with Crippen molar-refractivity contribution in [1.29, 1.82) is 0 Å². The summed E-state index contributed by atoms with van der Waals surface area (Å²) in [6.45, 7) is 2.04. The van der Waals surface area contributed by atoms with Gasteiger partial charge in [0.05, 0.1) is 0 Å². The molecule has 2 aromatic rings. The van der Waals surface area contributed by atoms with Crippen molar-refractivity contribution in [2.75, 3.05) is 0 Å². The molecular formula is C11H9ClN2. The Hall–Kier alpha value is -1.41. The van der Waals surface area contributed by atoms with E-state index >= 15 is 0 Å². The standard InChI is InChI=1S/C11H9ClN2/c1-8-3-2-4-9(5-8)10-6-13-7-14-11(10)12/h2-7H,1H3. The van der Waals surface area contributed by atoms with Gasteiger partial charge in [-0.05, 0) is 12.5 Å². The van der Waals surface area contributed by atoms with Gasteiger partial charge in [0.1, 0.15) is 11.5 Å². The Morgan fingerprint density at radius 1 is 1.29 bits per heavy atom. The average molecular weight is 205 g/mol. The maximum atomic E-state index is 5.96. The first kappa shape index (κ1) is 9.16. The van der Waals surface area contributed by atoms with Crippen molar-refractivity contribution >= 4 is 11.6 Å². The molecule has 0 aliphatic heterocycles. The predicted octanol–water partition coefficient (Wildman–Crippen LogP) is 3.11. The van der Waals surface area contributed by atoms with Crippen molar-refractivity contribution in [2.45, 2.75) is 6.92 Å². The Balaban J connectivity index is 2.55. The van der Waals surface area contributed by atoms with E-state index in [0.29, 0.717) is 5.15 Å². The zero-order chi connectivity index (χ0) is 9.97. The van der Waals surface area contributed by atoms with Gasteiger partial charge in [-0.2, -0.15) is 0 Å². The van der Waals surface area contributed by atoms with Crippen LogP contribution in [0.3, 0.4) is 0 Å². The molecule has 0 saturated heterocycles. The summed E-state index contributed by atoms with van der Waals surface area (Å²) in [4.78, 5) is 7.90. The molecular weight excluding hydrogens is 196 g/mol. The van der Waals surface area contributed by atoms with E-state index in [2.05, 4.69) is 16.0 Å². The molecule has 0 amide bonds. The molecule has 0 bridgehead atoms. The monoisotopic (exact) mass is 204 g/mol. The van der Waals surface area contributed by atoms with Gasteiger partial charge in [0.25, 0.3) is 0 Å². The summed E-state index contributed by atoms with van der Waals surface area (Å²) in [6.07, 6.45) is 3.17. The molecule has 0 unspecified atom stereocenters. The van der Waals surface area contributed by atoms with Crippen LogP contribution in [0.15, 0.2) is 36.8 Å². The van der Waals surface area contributed by atoms with Crippen LogP contribution < -0.4 is 0 Å². The molecule has 0 aliphatic rings. The van der Waals surface area contributed by atoms with Gasteiger partial charge in [-0.1, -0.05) is 41.4 Å². The highest BCUT2D eigenvalue weighted by atomic mass is 35.5. The second-order valence-electron chi connectivity index (χ2n) is 3.10. The lowest BCUT2D eigenvalue weighted by molar-refractivity contribution is 1.17. The van der Waals surface area contributed by atoms with E-state index in [9.17, 15) is 0 Å². The average Bonchev–Trinajstić information content (AvgIpc) is 2.18. The molecule has 2 nitrogen and oxygen atoms in total. The van der Waals surface area contributed by atoms with E-state index in [1.165, 1.54) is 11.9 Å². The number of aromatic nitrogens is 2. The smallest absolute Gasteiger partial charge is 0.140 e. The number of nitrogens with zero attached hydrogens (tertiary/aromatic N) is 2. The van der Waals surface area contributed by atoms with E-state index in [1.54, 1.807) is 6.20 Å². The SMILES string of the molecule is Cc1cccc(-c2cncnc2Cl)c1. The minimum absolute atomic E-state index is 0.491. The van der Waals surface area contributed by atoms with E-state index in [0.717, 1.165) is 11.1 Å². The van der Waals surface area contributed by atoms with Gasteiger partial charge in [0.2, 0.25) is 0 Å². The van der Waals surface area contributed by atoms with Crippen LogP contribution in [0.1, 0.15) is 5.56 Å². The fourth-order valence-corrected chi connectivity index (χ4v) is 1.52. The van der Waals surface area contributed by atoms with Crippen LogP contribution in [0, 0.1) is 6.92 Å². The number of hydrogen-bond acceptors (Lipinski definition) is 2. The molecule has 3 heteroatoms. The van der Waals surface area contributed by atoms with Crippen LogP contribution in [0.4, 0.5) is 0 Å². The predicted molar refractivity (Wildman–Crippen MR) is 57.2 cm³/mol. The van der Waals surface area contributed by atoms with Crippen LogP contribution in [0.2, 0.25) is 5.15 Å². The van der Waals surface area contributed by atoms with Crippen molar-refractivity contribution in [2.24, 2.45) is 0 Å². The Morgan fingerprint density at radius 2 is 2.14 bits per heavy atom. The number of halogens is 1. The van der Waals surface area contributed by atoms with Gasteiger partial charge in [-0.25, -0.2) is 9.97 Å². The first-order chi connectivity index (χ1) is 6.77. The van der Waals surface area contributed by atoms with E-state index < -0.39 is 0 Å². The molecule has 0 atom stereocenters. The normalized spacial score (nSPS) is 10.1. The highest BCUT2D eigenvalue weighted by Gasteiger charge is 2.03. The molecule has 1 aromatic heterocycles. The molecule has 0 saturated carbocycles. The summed E-state index contributed by atoms with van der Waals surface area (Å²) in [6, 6.07) is 8.09. The van der Waals surface area contributed by atoms with Crippen LogP contribution in [0.25, 0.3) is 11.1 Å². The lowest BCUT2D eigenvalue weighted by atomic mass is 10.1. The second kappa shape index (κ2) is 3.76. The third-order valence-corrected chi connectivity index (χ3v) is 2.29. The summed E-state index contributed by atoms with van der Waals surface area (Å²) in [5, 5.41) is 0.491. The van der Waals surface area contributed by atoms with E-state index in [-0.39, 0.29) is 0 Å². The molecule has 0 fully saturated rings. The van der Waals surface area contributed by atoms with Gasteiger partial charge < -0.3 is 0 Å². The fourth-order valence-electron chi connectivity index (χ4n) is 1.32. The summed E-state index contributed by atoms with van der Waals surface area (Å²) < 4.78 is 0. The fraction of sp³-hybridized carbons (Fsp3) is 0.0909. The van der Waals surface area contributed by atoms with Crippen molar-refractivity contribution in [3.05, 3.63) is 47.5 Å². The summed E-state index contributed by atoms with van der Waals surface area (Å²) in [7, 11) is 0. The molecule has 0 spiro atoms. The van der Waals surface area contributed by atoms with Crippen LogP contribution in [-0.2, 0) is 0 Å². The first-order valence-electron chi connectivity index (χ1n) is 4.30. The van der Waals surface area contributed by atoms with Crippen LogP contribution >= 0.6 is 11.6 Å². The zero-order valence-corrected chi connectivity index (χ0v) is 8.49. The summed E-state index contributed by atoms with van der Waals surface area (Å²) in [5.74, 6) is 0. The van der Waals surface area contributed by atoms with Gasteiger partial charge >= 0.3 is 0 Å². The highest BCUT2D eigenvalue weighted by molar-refractivity contribution is 6.32. The Labute approximate surface area is 87.6 Å². The van der Waals surface area contributed by atoms with Crippen molar-refractivity contribution in [1.82, 2.24) is 9.97 Å². The van der Waals surface area contributed by atoms with E-state index in [4.69, 9.17) is 11.6 Å². The minimum Gasteiger partial charge on any atom is -0.244 e. The van der Waals surface area contributed by atoms with E-state index in [1.807, 2.05) is 25.1 Å². The lowest BCUT2D eigenvalue weighted by Gasteiger charge is -2.02. The number of aryl methyl sites for hydroxylation is 1. The zero-order valence-electron chi connectivity index (χ0n) is 7.74. The Morgan fingerprint density at radius 3 is 2.86 bits per heavy atom. The Bertz CT molecular complexity index is 455. The van der Waals surface area contributed by atoms with Crippen molar-refractivity contribution in [3.8, 4) is 11.1 Å². The Kier molecular flexibility index (Phi) is 2.46. The second-order valence-corrected chi connectivity index (χ2v) is 3.45. The maximum absolute atomic E-state index is 5.96. The molecule has 2 rings (SSSR count). The molecule has 70 valence electrons. The van der Waals surface area contributed by atoms with Gasteiger partial charge in [0.15, 0.2) is 0 Å². The molecule has 1 aromatic carbocycles. The third kappa shape index (κ3) is 1.75. The molecule has 1 heterocycles. The van der Waals surface area contributed by atoms with Gasteiger partial charge in [-0.15, -0.1) is 0 Å². The lowest BCUT2D eigenvalue weighted by Crippen LogP contribution is -1.85. The molecule has 0 aliphatic carbocycles. The summed E-state index contributed by atoms with van der Waals surface area (Å²) >= 11 is 5.96. The molecule has 0 N–H and O–H groups in total. The van der Waals surface area contributed by atoms with Crippen molar-refractivity contribution < 1.29 is 0 Å². The van der Waals surface area contributed by atoms with Crippen molar-refractivity contribution in [3.63, 3.8) is 0 Å². The summed E-state index contributed by atoms with van der Waals surface area (Å²) in [5.41, 5.74) is 3.12. The largest absolute Gasteiger partial charge is 0.244 e. The highest BCUT2D eigenvalue weighted by Crippen LogP contribution is 2.25. The molecule has 14 heavy (non-hydrogen) atoms. The number of hydrogen-bond donors (Lipinski definition) is 0.